The van der Waals surface area contributed by atoms with Crippen LogP contribution in [0.3, 0.4) is 0 Å². The van der Waals surface area contributed by atoms with Gasteiger partial charge in [0.2, 0.25) is 0 Å². The molecule has 1 aromatic rings. The molecule has 0 amide bonds. The lowest BCUT2D eigenvalue weighted by atomic mass is 9.73. The second-order valence-electron chi connectivity index (χ2n) is 6.16. The van der Waals surface area contributed by atoms with E-state index in [1.807, 2.05) is 26.0 Å². The Morgan fingerprint density at radius 2 is 1.33 bits per heavy atom. The normalized spacial score (nSPS) is 21.3. The van der Waals surface area contributed by atoms with E-state index in [9.17, 15) is 0 Å². The third kappa shape index (κ3) is 2.04. The molecule has 3 nitrogen and oxygen atoms in total. The first-order chi connectivity index (χ1) is 8.14. The third-order valence-corrected chi connectivity index (χ3v) is 4.10. The highest BCUT2D eigenvalue weighted by atomic mass is 16.7. The van der Waals surface area contributed by atoms with E-state index in [1.54, 1.807) is 0 Å². The van der Waals surface area contributed by atoms with Crippen LogP contribution in [0.5, 0.6) is 0 Å². The summed E-state index contributed by atoms with van der Waals surface area (Å²) in [7, 11) is -0.310. The van der Waals surface area contributed by atoms with Gasteiger partial charge in [-0.25, -0.2) is 0 Å². The van der Waals surface area contributed by atoms with Gasteiger partial charge >= 0.3 is 7.12 Å². The first-order valence-corrected chi connectivity index (χ1v) is 6.36. The van der Waals surface area contributed by atoms with E-state index in [4.69, 9.17) is 15.0 Å². The number of aryl methyl sites for hydroxylation is 2. The summed E-state index contributed by atoms with van der Waals surface area (Å²) in [6, 6.07) is 3.93. The molecule has 0 aromatic heterocycles. The van der Waals surface area contributed by atoms with Crippen LogP contribution in [0.2, 0.25) is 0 Å². The smallest absolute Gasteiger partial charge is 0.399 e. The Morgan fingerprint density at radius 3 is 1.72 bits per heavy atom. The summed E-state index contributed by atoms with van der Waals surface area (Å²) in [5, 5.41) is 0. The van der Waals surface area contributed by atoms with Crippen molar-refractivity contribution in [3.05, 3.63) is 23.3 Å². The first-order valence-electron chi connectivity index (χ1n) is 6.36. The van der Waals surface area contributed by atoms with Gasteiger partial charge in [0.15, 0.2) is 0 Å². The zero-order valence-corrected chi connectivity index (χ0v) is 12.1. The second-order valence-corrected chi connectivity index (χ2v) is 6.16. The molecule has 0 unspecified atom stereocenters. The van der Waals surface area contributed by atoms with Crippen molar-refractivity contribution in [2.24, 2.45) is 0 Å². The third-order valence-electron chi connectivity index (χ3n) is 4.10. The lowest BCUT2D eigenvalue weighted by Gasteiger charge is -2.32. The van der Waals surface area contributed by atoms with Gasteiger partial charge in [0.05, 0.1) is 11.2 Å². The van der Waals surface area contributed by atoms with Crippen LogP contribution in [0.15, 0.2) is 12.1 Å². The van der Waals surface area contributed by atoms with E-state index >= 15 is 0 Å². The Morgan fingerprint density at radius 1 is 0.944 bits per heavy atom. The molecule has 1 saturated heterocycles. The van der Waals surface area contributed by atoms with Crippen molar-refractivity contribution in [3.8, 4) is 0 Å². The van der Waals surface area contributed by atoms with E-state index < -0.39 is 0 Å². The maximum Gasteiger partial charge on any atom is 0.495 e. The Balaban J connectivity index is 2.42. The van der Waals surface area contributed by atoms with Gasteiger partial charge < -0.3 is 15.0 Å². The molecule has 0 bridgehead atoms. The molecule has 0 saturated carbocycles. The summed E-state index contributed by atoms with van der Waals surface area (Å²) in [5.74, 6) is 0. The van der Waals surface area contributed by atoms with Crippen LogP contribution < -0.4 is 11.2 Å². The Hall–Kier alpha value is -0.995. The number of hydrogen-bond donors (Lipinski definition) is 1. The molecule has 1 aromatic carbocycles. The van der Waals surface area contributed by atoms with Gasteiger partial charge in [0.25, 0.3) is 0 Å². The van der Waals surface area contributed by atoms with Gasteiger partial charge in [-0.15, -0.1) is 0 Å². The van der Waals surface area contributed by atoms with Crippen molar-refractivity contribution in [2.45, 2.75) is 52.7 Å². The molecule has 0 spiro atoms. The van der Waals surface area contributed by atoms with E-state index in [2.05, 4.69) is 27.7 Å². The van der Waals surface area contributed by atoms with E-state index in [-0.39, 0.29) is 18.3 Å². The SMILES string of the molecule is Cc1cc(N)cc(C)c1B1OC(C)(C)C(C)(C)O1. The van der Waals surface area contributed by atoms with Crippen LogP contribution in [0.25, 0.3) is 0 Å². The highest BCUT2D eigenvalue weighted by molar-refractivity contribution is 6.63. The molecule has 0 aliphatic carbocycles. The fraction of sp³-hybridized carbons (Fsp3) is 0.571. The molecule has 1 aliphatic heterocycles. The highest BCUT2D eigenvalue weighted by Crippen LogP contribution is 2.37. The van der Waals surface area contributed by atoms with Crippen LogP contribution >= 0.6 is 0 Å². The average molecular weight is 247 g/mol. The zero-order chi connectivity index (χ0) is 13.7. The predicted octanol–water partition coefficient (Wildman–Crippen LogP) is 2.18. The van der Waals surface area contributed by atoms with Gasteiger partial charge in [-0.1, -0.05) is 0 Å². The van der Waals surface area contributed by atoms with Crippen LogP contribution in [-0.4, -0.2) is 18.3 Å². The number of nitrogen functional groups attached to an aromatic ring is 1. The van der Waals surface area contributed by atoms with Crippen molar-refractivity contribution in [3.63, 3.8) is 0 Å². The van der Waals surface area contributed by atoms with Crippen LogP contribution in [0.4, 0.5) is 5.69 Å². The average Bonchev–Trinajstić information content (AvgIpc) is 2.32. The molecule has 1 fully saturated rings. The molecule has 18 heavy (non-hydrogen) atoms. The molecular weight excluding hydrogens is 225 g/mol. The lowest BCUT2D eigenvalue weighted by Crippen LogP contribution is -2.41. The molecule has 2 N–H and O–H groups in total. The summed E-state index contributed by atoms with van der Waals surface area (Å²) in [5.41, 5.74) is 9.35. The zero-order valence-electron chi connectivity index (χ0n) is 12.1. The monoisotopic (exact) mass is 247 g/mol. The summed E-state index contributed by atoms with van der Waals surface area (Å²) < 4.78 is 12.2. The number of hydrogen-bond acceptors (Lipinski definition) is 3. The number of anilines is 1. The molecular formula is C14H22BNO2. The first kappa shape index (κ1) is 13.4. The van der Waals surface area contributed by atoms with Gasteiger partial charge in [0.1, 0.15) is 0 Å². The molecule has 2 rings (SSSR count). The highest BCUT2D eigenvalue weighted by Gasteiger charge is 2.52. The maximum absolute atomic E-state index is 6.09. The summed E-state index contributed by atoms with van der Waals surface area (Å²) in [4.78, 5) is 0. The largest absolute Gasteiger partial charge is 0.495 e. The molecule has 4 heteroatoms. The quantitative estimate of drug-likeness (QED) is 0.611. The van der Waals surface area contributed by atoms with Gasteiger partial charge in [0, 0.05) is 5.69 Å². The standard InChI is InChI=1S/C14H22BNO2/c1-9-7-11(16)8-10(2)12(9)15-17-13(3,4)14(5,6)18-15/h7-8H,16H2,1-6H3. The minimum absolute atomic E-state index is 0.308. The van der Waals surface area contributed by atoms with Gasteiger partial charge in [-0.3, -0.25) is 0 Å². The second kappa shape index (κ2) is 4.00. The number of nitrogens with two attached hydrogens (primary N) is 1. The predicted molar refractivity (Wildman–Crippen MR) is 76.0 cm³/mol. The number of benzene rings is 1. The fourth-order valence-corrected chi connectivity index (χ4v) is 2.34. The van der Waals surface area contributed by atoms with Crippen molar-refractivity contribution < 1.29 is 9.31 Å². The van der Waals surface area contributed by atoms with Gasteiger partial charge in [-0.05, 0) is 70.3 Å². The summed E-state index contributed by atoms with van der Waals surface area (Å²) >= 11 is 0. The van der Waals surface area contributed by atoms with Crippen molar-refractivity contribution in [1.29, 1.82) is 0 Å². The van der Waals surface area contributed by atoms with Crippen molar-refractivity contribution in [1.82, 2.24) is 0 Å². The maximum atomic E-state index is 6.09. The minimum atomic E-state index is -0.310. The van der Waals surface area contributed by atoms with E-state index in [1.165, 1.54) is 0 Å². The van der Waals surface area contributed by atoms with Crippen LogP contribution in [0, 0.1) is 13.8 Å². The summed E-state index contributed by atoms with van der Waals surface area (Å²) in [6.07, 6.45) is 0. The van der Waals surface area contributed by atoms with Crippen LogP contribution in [-0.2, 0) is 9.31 Å². The molecule has 1 heterocycles. The molecule has 98 valence electrons. The fourth-order valence-electron chi connectivity index (χ4n) is 2.34. The lowest BCUT2D eigenvalue weighted by molar-refractivity contribution is 0.00578. The topological polar surface area (TPSA) is 44.5 Å². The summed E-state index contributed by atoms with van der Waals surface area (Å²) in [6.45, 7) is 12.3. The molecule has 0 atom stereocenters. The Labute approximate surface area is 110 Å². The minimum Gasteiger partial charge on any atom is -0.399 e. The van der Waals surface area contributed by atoms with Gasteiger partial charge in [-0.2, -0.15) is 0 Å². The van der Waals surface area contributed by atoms with Crippen LogP contribution in [0.1, 0.15) is 38.8 Å². The molecule has 0 radical (unpaired) electrons. The van der Waals surface area contributed by atoms with E-state index in [0.717, 1.165) is 22.3 Å². The van der Waals surface area contributed by atoms with Crippen molar-refractivity contribution in [2.75, 3.05) is 5.73 Å². The molecule has 1 aliphatic rings. The van der Waals surface area contributed by atoms with E-state index in [0.29, 0.717) is 0 Å². The van der Waals surface area contributed by atoms with Crippen molar-refractivity contribution >= 4 is 18.3 Å². The Kier molecular flexibility index (Phi) is 2.99. The number of rotatable bonds is 1. The Bertz CT molecular complexity index is 444.